The molecular weight excluding hydrogens is 317 g/mol. The minimum atomic E-state index is -0.950. The fraction of sp³-hybridized carbons (Fsp3) is 0.773. The van der Waals surface area contributed by atoms with Gasteiger partial charge in [0.05, 0.1) is 5.97 Å². The van der Waals surface area contributed by atoms with Crippen LogP contribution >= 0.6 is 0 Å². The summed E-state index contributed by atoms with van der Waals surface area (Å²) in [6, 6.07) is 0. The molecule has 0 unspecified atom stereocenters. The molecule has 0 aromatic heterocycles. The van der Waals surface area contributed by atoms with Crippen molar-refractivity contribution in [3.63, 3.8) is 0 Å². The van der Waals surface area contributed by atoms with E-state index in [0.717, 1.165) is 38.8 Å². The van der Waals surface area contributed by atoms with Gasteiger partial charge in [-0.3, -0.25) is 4.90 Å². The Morgan fingerprint density at radius 1 is 0.692 bits per heavy atom. The molecule has 0 heterocycles. The van der Waals surface area contributed by atoms with E-state index in [1.807, 2.05) is 12.2 Å². The summed E-state index contributed by atoms with van der Waals surface area (Å²) in [5.41, 5.74) is 0. The number of aliphatic carboxylic acids is 1. The van der Waals surface area contributed by atoms with Gasteiger partial charge in [-0.2, -0.15) is 0 Å². The SMILES string of the molecule is C=CCCCCCCCCN(CCCCCCCCC=C)CC(=O)[O-].[Li+]. The Hall–Kier alpha value is -0.493. The third-order valence-electron chi connectivity index (χ3n) is 4.62. The molecule has 0 amide bonds. The van der Waals surface area contributed by atoms with Crippen LogP contribution in [0.15, 0.2) is 25.3 Å². The Kier molecular flexibility index (Phi) is 24.0. The molecule has 0 radical (unpaired) electrons. The predicted octanol–water partition coefficient (Wildman–Crippen LogP) is 1.88. The Morgan fingerprint density at radius 3 is 1.38 bits per heavy atom. The van der Waals surface area contributed by atoms with Crippen LogP contribution < -0.4 is 24.0 Å². The molecule has 0 aliphatic rings. The van der Waals surface area contributed by atoms with Gasteiger partial charge in [0.2, 0.25) is 0 Å². The minimum Gasteiger partial charge on any atom is -0.549 e. The van der Waals surface area contributed by atoms with Crippen molar-refractivity contribution in [3.8, 4) is 0 Å². The number of carboxylic acid groups (broad SMARTS) is 1. The van der Waals surface area contributed by atoms with Crippen LogP contribution in [-0.2, 0) is 4.79 Å². The number of hydrogen-bond donors (Lipinski definition) is 0. The van der Waals surface area contributed by atoms with E-state index in [1.54, 1.807) is 0 Å². The minimum absolute atomic E-state index is 0. The van der Waals surface area contributed by atoms with Gasteiger partial charge < -0.3 is 9.90 Å². The summed E-state index contributed by atoms with van der Waals surface area (Å²) >= 11 is 0. The quantitative estimate of drug-likeness (QED) is 0.190. The average molecular weight is 358 g/mol. The van der Waals surface area contributed by atoms with Gasteiger partial charge in [0.25, 0.3) is 0 Å². The van der Waals surface area contributed by atoms with Crippen LogP contribution in [0.3, 0.4) is 0 Å². The molecule has 0 bridgehead atoms. The molecule has 0 aromatic carbocycles. The fourth-order valence-corrected chi connectivity index (χ4v) is 3.11. The van der Waals surface area contributed by atoms with Crippen molar-refractivity contribution >= 4 is 5.97 Å². The first-order valence-electron chi connectivity index (χ1n) is 10.3. The molecule has 0 saturated carbocycles. The molecule has 0 fully saturated rings. The van der Waals surface area contributed by atoms with Crippen LogP contribution in [0.1, 0.15) is 89.9 Å². The molecular formula is C22H40LiNO2. The van der Waals surface area contributed by atoms with Crippen molar-refractivity contribution in [2.45, 2.75) is 89.9 Å². The Balaban J connectivity index is 0. The molecule has 0 N–H and O–H groups in total. The van der Waals surface area contributed by atoms with E-state index in [2.05, 4.69) is 18.1 Å². The number of unbranched alkanes of at least 4 members (excludes halogenated alkanes) is 12. The first-order valence-corrected chi connectivity index (χ1v) is 10.3. The summed E-state index contributed by atoms with van der Waals surface area (Å²) in [6.07, 6.45) is 20.9. The van der Waals surface area contributed by atoms with Crippen LogP contribution in [0.4, 0.5) is 0 Å². The standard InChI is InChI=1S/C22H41NO2.Li/c1-3-5-7-9-11-13-15-17-19-23(21-22(24)25)20-18-16-14-12-10-8-6-4-2;/h3-4H,1-2,5-21H2,(H,24,25);/q;+1/p-1. The maximum Gasteiger partial charge on any atom is 1.00 e. The molecule has 0 atom stereocenters. The molecule has 0 aromatic rings. The number of rotatable bonds is 20. The molecule has 0 rings (SSSR count). The zero-order chi connectivity index (χ0) is 18.6. The number of nitrogens with zero attached hydrogens (tertiary/aromatic N) is 1. The molecule has 3 nitrogen and oxygen atoms in total. The zero-order valence-corrected chi connectivity index (χ0v) is 17.4. The van der Waals surface area contributed by atoms with Gasteiger partial charge in [0, 0.05) is 6.54 Å². The van der Waals surface area contributed by atoms with Gasteiger partial charge in [-0.15, -0.1) is 13.2 Å². The van der Waals surface area contributed by atoms with Crippen LogP contribution in [-0.4, -0.2) is 30.5 Å². The maximum atomic E-state index is 10.9. The summed E-state index contributed by atoms with van der Waals surface area (Å²) in [5, 5.41) is 10.9. The average Bonchev–Trinajstić information content (AvgIpc) is 2.58. The first-order chi connectivity index (χ1) is 12.2. The van der Waals surface area contributed by atoms with Gasteiger partial charge in [0.1, 0.15) is 0 Å². The molecule has 146 valence electrons. The second kappa shape index (κ2) is 22.5. The maximum absolute atomic E-state index is 10.9. The summed E-state index contributed by atoms with van der Waals surface area (Å²) in [5.74, 6) is -0.950. The molecule has 4 heteroatoms. The number of carbonyl (C=O) groups excluding carboxylic acids is 1. The van der Waals surface area contributed by atoms with Crippen LogP contribution in [0.25, 0.3) is 0 Å². The van der Waals surface area contributed by atoms with Gasteiger partial charge in [-0.05, 0) is 51.6 Å². The summed E-state index contributed by atoms with van der Waals surface area (Å²) in [6.45, 7) is 9.34. The van der Waals surface area contributed by atoms with E-state index in [1.165, 1.54) is 64.2 Å². The molecule has 0 spiro atoms. The second-order valence-electron chi connectivity index (χ2n) is 7.05. The van der Waals surface area contributed by atoms with Crippen molar-refractivity contribution in [2.24, 2.45) is 0 Å². The van der Waals surface area contributed by atoms with Crippen molar-refractivity contribution < 1.29 is 28.8 Å². The predicted molar refractivity (Wildman–Crippen MR) is 106 cm³/mol. The van der Waals surface area contributed by atoms with E-state index >= 15 is 0 Å². The number of carboxylic acids is 1. The van der Waals surface area contributed by atoms with Crippen molar-refractivity contribution in [2.75, 3.05) is 19.6 Å². The van der Waals surface area contributed by atoms with E-state index in [9.17, 15) is 9.90 Å². The van der Waals surface area contributed by atoms with Crippen molar-refractivity contribution in [3.05, 3.63) is 25.3 Å². The van der Waals surface area contributed by atoms with Gasteiger partial charge in [0.15, 0.2) is 0 Å². The van der Waals surface area contributed by atoms with Gasteiger partial charge in [-0.25, -0.2) is 0 Å². The van der Waals surface area contributed by atoms with E-state index in [-0.39, 0.29) is 25.4 Å². The fourth-order valence-electron chi connectivity index (χ4n) is 3.11. The first kappa shape index (κ1) is 27.7. The second-order valence-corrected chi connectivity index (χ2v) is 7.05. The van der Waals surface area contributed by atoms with Crippen molar-refractivity contribution in [1.82, 2.24) is 4.90 Å². The van der Waals surface area contributed by atoms with Crippen molar-refractivity contribution in [1.29, 1.82) is 0 Å². The van der Waals surface area contributed by atoms with Crippen LogP contribution in [0.5, 0.6) is 0 Å². The van der Waals surface area contributed by atoms with Gasteiger partial charge >= 0.3 is 18.9 Å². The van der Waals surface area contributed by atoms with Gasteiger partial charge in [-0.1, -0.05) is 63.5 Å². The molecule has 0 aliphatic carbocycles. The normalized spacial score (nSPS) is 10.5. The molecule has 0 saturated heterocycles. The number of hydrogen-bond acceptors (Lipinski definition) is 3. The largest absolute Gasteiger partial charge is 1.00 e. The molecule has 26 heavy (non-hydrogen) atoms. The van der Waals surface area contributed by atoms with E-state index < -0.39 is 5.97 Å². The topological polar surface area (TPSA) is 43.4 Å². The smallest absolute Gasteiger partial charge is 0.549 e. The number of allylic oxidation sites excluding steroid dienone is 2. The Morgan fingerprint density at radius 2 is 1.04 bits per heavy atom. The third-order valence-corrected chi connectivity index (χ3v) is 4.62. The Labute approximate surface area is 174 Å². The third kappa shape index (κ3) is 21.5. The summed E-state index contributed by atoms with van der Waals surface area (Å²) in [7, 11) is 0. The summed E-state index contributed by atoms with van der Waals surface area (Å²) < 4.78 is 0. The van der Waals surface area contributed by atoms with E-state index in [0.29, 0.717) is 0 Å². The van der Waals surface area contributed by atoms with E-state index in [4.69, 9.17) is 0 Å². The number of carbonyl (C=O) groups is 1. The van der Waals surface area contributed by atoms with Crippen LogP contribution in [0.2, 0.25) is 0 Å². The Bertz CT molecular complexity index is 310. The van der Waals surface area contributed by atoms with Crippen LogP contribution in [0, 0.1) is 0 Å². The monoisotopic (exact) mass is 357 g/mol. The zero-order valence-electron chi connectivity index (χ0n) is 17.4. The summed E-state index contributed by atoms with van der Waals surface area (Å²) in [4.78, 5) is 13.0. The molecule has 0 aliphatic heterocycles.